The van der Waals surface area contributed by atoms with Crippen LogP contribution >= 0.6 is 0 Å². The molecule has 0 bridgehead atoms. The molecule has 0 aromatic heterocycles. The quantitative estimate of drug-likeness (QED) is 0.763. The molecule has 2 aromatic rings. The van der Waals surface area contributed by atoms with E-state index in [1.807, 2.05) is 6.21 Å². The second-order valence-electron chi connectivity index (χ2n) is 7.37. The molecule has 1 heterocycles. The van der Waals surface area contributed by atoms with E-state index < -0.39 is 0 Å². The van der Waals surface area contributed by atoms with Crippen molar-refractivity contribution in [3.8, 4) is 0 Å². The van der Waals surface area contributed by atoms with Crippen LogP contribution in [0.5, 0.6) is 0 Å². The third-order valence-corrected chi connectivity index (χ3v) is 5.41. The van der Waals surface area contributed by atoms with E-state index in [2.05, 4.69) is 79.2 Å². The molecule has 0 unspecified atom stereocenters. The number of aryl methyl sites for hydroxylation is 1. The van der Waals surface area contributed by atoms with Crippen LogP contribution in [-0.4, -0.2) is 50.5 Å². The van der Waals surface area contributed by atoms with Gasteiger partial charge in [0.15, 0.2) is 0 Å². The van der Waals surface area contributed by atoms with Crippen LogP contribution in [0.25, 0.3) is 0 Å². The van der Waals surface area contributed by atoms with Gasteiger partial charge in [0, 0.05) is 24.3 Å². The Balaban J connectivity index is 1.47. The molecule has 1 saturated heterocycles. The summed E-state index contributed by atoms with van der Waals surface area (Å²) in [5.41, 5.74) is 5.21. The minimum atomic E-state index is 1.02. The fourth-order valence-electron chi connectivity index (χ4n) is 3.61. The SMILES string of the molecule is CCN(CC)c1ccc(C=NN2CC[NH+](Cc3ccc(C)cc3)CC2)cc1. The fourth-order valence-corrected chi connectivity index (χ4v) is 3.61. The number of rotatable bonds is 7. The Morgan fingerprint density at radius 1 is 0.963 bits per heavy atom. The minimum absolute atomic E-state index is 1.02. The zero-order valence-corrected chi connectivity index (χ0v) is 17.0. The van der Waals surface area contributed by atoms with Crippen molar-refractivity contribution in [2.45, 2.75) is 27.3 Å². The van der Waals surface area contributed by atoms with Gasteiger partial charge in [0.2, 0.25) is 0 Å². The molecule has 4 heteroatoms. The largest absolute Gasteiger partial charge is 0.372 e. The fraction of sp³-hybridized carbons (Fsp3) is 0.435. The summed E-state index contributed by atoms with van der Waals surface area (Å²) in [6.45, 7) is 14.1. The van der Waals surface area contributed by atoms with E-state index in [1.54, 1.807) is 4.90 Å². The first-order valence-electron chi connectivity index (χ1n) is 10.2. The summed E-state index contributed by atoms with van der Waals surface area (Å²) in [5.74, 6) is 0. The Morgan fingerprint density at radius 3 is 2.19 bits per heavy atom. The molecule has 0 radical (unpaired) electrons. The molecule has 4 nitrogen and oxygen atoms in total. The summed E-state index contributed by atoms with van der Waals surface area (Å²) >= 11 is 0. The highest BCUT2D eigenvalue weighted by Gasteiger charge is 2.18. The number of nitrogens with one attached hydrogen (secondary N) is 1. The van der Waals surface area contributed by atoms with E-state index in [-0.39, 0.29) is 0 Å². The predicted octanol–water partition coefficient (Wildman–Crippen LogP) is 2.58. The molecule has 0 spiro atoms. The van der Waals surface area contributed by atoms with Gasteiger partial charge in [-0.05, 0) is 38.5 Å². The number of quaternary nitrogens is 1. The van der Waals surface area contributed by atoms with Crippen molar-refractivity contribution in [1.29, 1.82) is 0 Å². The molecular formula is C23H33N4+. The summed E-state index contributed by atoms with van der Waals surface area (Å²) in [4.78, 5) is 4.01. The van der Waals surface area contributed by atoms with Crippen LogP contribution in [-0.2, 0) is 6.54 Å². The van der Waals surface area contributed by atoms with Gasteiger partial charge in [-0.2, -0.15) is 5.10 Å². The zero-order valence-electron chi connectivity index (χ0n) is 17.0. The second kappa shape index (κ2) is 9.56. The number of hydrogen-bond donors (Lipinski definition) is 1. The van der Waals surface area contributed by atoms with Gasteiger partial charge in [-0.1, -0.05) is 42.0 Å². The third-order valence-electron chi connectivity index (χ3n) is 5.41. The van der Waals surface area contributed by atoms with Crippen LogP contribution < -0.4 is 9.80 Å². The van der Waals surface area contributed by atoms with Crippen LogP contribution in [0, 0.1) is 6.92 Å². The highest BCUT2D eigenvalue weighted by Crippen LogP contribution is 2.14. The van der Waals surface area contributed by atoms with E-state index >= 15 is 0 Å². The first-order chi connectivity index (χ1) is 13.2. The van der Waals surface area contributed by atoms with Gasteiger partial charge in [0.25, 0.3) is 0 Å². The molecule has 1 aliphatic rings. The van der Waals surface area contributed by atoms with Crippen molar-refractivity contribution in [2.75, 3.05) is 44.2 Å². The van der Waals surface area contributed by atoms with Gasteiger partial charge in [-0.3, -0.25) is 5.01 Å². The average molecular weight is 366 g/mol. The van der Waals surface area contributed by atoms with Crippen molar-refractivity contribution < 1.29 is 4.90 Å². The summed E-state index contributed by atoms with van der Waals surface area (Å²) in [7, 11) is 0. The normalized spacial score (nSPS) is 15.4. The molecule has 1 fully saturated rings. The summed E-state index contributed by atoms with van der Waals surface area (Å²) in [6.07, 6.45) is 2.00. The molecule has 27 heavy (non-hydrogen) atoms. The number of benzene rings is 2. The van der Waals surface area contributed by atoms with E-state index in [9.17, 15) is 0 Å². The van der Waals surface area contributed by atoms with Crippen LogP contribution in [0.1, 0.15) is 30.5 Å². The van der Waals surface area contributed by atoms with E-state index in [1.165, 1.54) is 22.4 Å². The Labute approximate surface area is 164 Å². The standard InChI is InChI=1S/C23H32N4/c1-4-26(5-2)23-12-10-21(11-13-23)18-24-27-16-14-25(15-17-27)19-22-8-6-20(3)7-9-22/h6-13,18H,4-5,14-17,19H2,1-3H3/p+1. The maximum absolute atomic E-state index is 4.70. The van der Waals surface area contributed by atoms with Crippen molar-refractivity contribution in [3.05, 3.63) is 65.2 Å². The zero-order chi connectivity index (χ0) is 19.1. The van der Waals surface area contributed by atoms with Crippen LogP contribution in [0.2, 0.25) is 0 Å². The highest BCUT2D eigenvalue weighted by atomic mass is 15.5. The predicted molar refractivity (Wildman–Crippen MR) is 115 cm³/mol. The second-order valence-corrected chi connectivity index (χ2v) is 7.37. The third kappa shape index (κ3) is 5.57. The molecule has 2 aromatic carbocycles. The van der Waals surface area contributed by atoms with Gasteiger partial charge in [-0.15, -0.1) is 0 Å². The van der Waals surface area contributed by atoms with Crippen molar-refractivity contribution in [1.82, 2.24) is 5.01 Å². The Hall–Kier alpha value is -2.33. The van der Waals surface area contributed by atoms with Crippen LogP contribution in [0.15, 0.2) is 53.6 Å². The first kappa shape index (κ1) is 19.4. The maximum Gasteiger partial charge on any atom is 0.103 e. The summed E-state index contributed by atoms with van der Waals surface area (Å²) in [5, 5.41) is 6.91. The lowest BCUT2D eigenvalue weighted by atomic mass is 10.1. The Morgan fingerprint density at radius 2 is 1.59 bits per heavy atom. The van der Waals surface area contributed by atoms with Gasteiger partial charge in [-0.25, -0.2) is 0 Å². The molecule has 0 amide bonds. The Kier molecular flexibility index (Phi) is 6.88. The van der Waals surface area contributed by atoms with Gasteiger partial charge in [0.1, 0.15) is 6.54 Å². The molecule has 0 aliphatic carbocycles. The number of hydrazone groups is 1. The van der Waals surface area contributed by atoms with Gasteiger partial charge < -0.3 is 9.80 Å². The summed E-state index contributed by atoms with van der Waals surface area (Å²) < 4.78 is 0. The molecule has 3 rings (SSSR count). The Bertz CT molecular complexity index is 709. The summed E-state index contributed by atoms with van der Waals surface area (Å²) in [6, 6.07) is 17.6. The van der Waals surface area contributed by atoms with Gasteiger partial charge >= 0.3 is 0 Å². The lowest BCUT2D eigenvalue weighted by molar-refractivity contribution is -0.918. The minimum Gasteiger partial charge on any atom is -0.372 e. The topological polar surface area (TPSA) is 23.3 Å². The van der Waals surface area contributed by atoms with Crippen LogP contribution in [0.3, 0.4) is 0 Å². The molecule has 1 aliphatic heterocycles. The van der Waals surface area contributed by atoms with E-state index in [0.717, 1.165) is 45.8 Å². The lowest BCUT2D eigenvalue weighted by Crippen LogP contribution is -3.13. The van der Waals surface area contributed by atoms with Gasteiger partial charge in [0.05, 0.1) is 32.4 Å². The van der Waals surface area contributed by atoms with Crippen molar-refractivity contribution >= 4 is 11.9 Å². The molecular weight excluding hydrogens is 332 g/mol. The number of nitrogens with zero attached hydrogens (tertiary/aromatic N) is 3. The van der Waals surface area contributed by atoms with E-state index in [0.29, 0.717) is 0 Å². The molecule has 0 atom stereocenters. The highest BCUT2D eigenvalue weighted by molar-refractivity contribution is 5.80. The average Bonchev–Trinajstić information content (AvgIpc) is 2.71. The van der Waals surface area contributed by atoms with Crippen molar-refractivity contribution in [2.24, 2.45) is 5.10 Å². The lowest BCUT2D eigenvalue weighted by Gasteiger charge is -2.30. The number of anilines is 1. The van der Waals surface area contributed by atoms with Crippen molar-refractivity contribution in [3.63, 3.8) is 0 Å². The maximum atomic E-state index is 4.70. The number of hydrogen-bond acceptors (Lipinski definition) is 3. The smallest absolute Gasteiger partial charge is 0.103 e. The molecule has 1 N–H and O–H groups in total. The first-order valence-corrected chi connectivity index (χ1v) is 10.2. The number of piperazine rings is 1. The molecule has 144 valence electrons. The van der Waals surface area contributed by atoms with Crippen LogP contribution in [0.4, 0.5) is 5.69 Å². The monoisotopic (exact) mass is 365 g/mol. The van der Waals surface area contributed by atoms with E-state index in [4.69, 9.17) is 5.10 Å². The molecule has 0 saturated carbocycles.